The molecule has 0 aromatic carbocycles. The molecule has 0 saturated carbocycles. The van der Waals surface area contributed by atoms with E-state index in [0.29, 0.717) is 0 Å². The summed E-state index contributed by atoms with van der Waals surface area (Å²) in [6, 6.07) is 0. The molecule has 108 valence electrons. The molecule has 1 aliphatic carbocycles. The van der Waals surface area contributed by atoms with Crippen molar-refractivity contribution < 1.29 is 9.47 Å². The third-order valence-electron chi connectivity index (χ3n) is 3.96. The maximum absolute atomic E-state index is 6.26. The zero-order valence-corrected chi connectivity index (χ0v) is 13.6. The van der Waals surface area contributed by atoms with Crippen LogP contribution in [0.1, 0.15) is 31.0 Å². The van der Waals surface area contributed by atoms with Crippen LogP contribution in [0.15, 0.2) is 30.2 Å². The zero-order chi connectivity index (χ0) is 14.3. The average molecular weight is 339 g/mol. The summed E-state index contributed by atoms with van der Waals surface area (Å²) in [5, 5.41) is 5.43. The molecule has 1 aromatic rings. The van der Waals surface area contributed by atoms with Gasteiger partial charge in [-0.3, -0.25) is 4.68 Å². The van der Waals surface area contributed by atoms with Gasteiger partial charge in [0.05, 0.1) is 37.3 Å². The van der Waals surface area contributed by atoms with E-state index in [4.69, 9.17) is 9.47 Å². The topological polar surface area (TPSA) is 36.3 Å². The normalized spacial score (nSPS) is 26.7. The molecule has 1 aromatic heterocycles. The molecule has 0 amide bonds. The molecule has 0 fully saturated rings. The molecule has 2 unspecified atom stereocenters. The van der Waals surface area contributed by atoms with Gasteiger partial charge >= 0.3 is 0 Å². The first-order valence-electron chi connectivity index (χ1n) is 6.81. The Bertz CT molecular complexity index is 574. The van der Waals surface area contributed by atoms with Crippen molar-refractivity contribution in [3.05, 3.63) is 41.4 Å². The summed E-state index contributed by atoms with van der Waals surface area (Å²) in [4.78, 5) is 0. The van der Waals surface area contributed by atoms with E-state index in [-0.39, 0.29) is 17.6 Å². The monoisotopic (exact) mass is 338 g/mol. The quantitative estimate of drug-likeness (QED) is 0.794. The number of methoxy groups -OCH3 is 1. The fourth-order valence-corrected chi connectivity index (χ4v) is 3.33. The Morgan fingerprint density at radius 1 is 1.50 bits per heavy atom. The molecule has 0 saturated heterocycles. The highest BCUT2D eigenvalue weighted by Gasteiger charge is 2.42. The Balaban J connectivity index is 2.07. The molecule has 0 bridgehead atoms. The first kappa shape index (κ1) is 13.9. The molecule has 4 nitrogen and oxygen atoms in total. The molecule has 3 rings (SSSR count). The van der Waals surface area contributed by atoms with Crippen molar-refractivity contribution >= 4 is 15.9 Å². The van der Waals surface area contributed by atoms with Gasteiger partial charge in [0, 0.05) is 16.8 Å². The lowest BCUT2D eigenvalue weighted by molar-refractivity contribution is -0.0763. The van der Waals surface area contributed by atoms with Crippen molar-refractivity contribution in [2.45, 2.75) is 38.0 Å². The lowest BCUT2D eigenvalue weighted by atomic mass is 9.82. The summed E-state index contributed by atoms with van der Waals surface area (Å²) in [6.45, 7) is 5.06. The number of fused-ring (bicyclic) bond motifs is 3. The van der Waals surface area contributed by atoms with Gasteiger partial charge in [-0.25, -0.2) is 0 Å². The number of aromatic nitrogens is 2. The maximum Gasteiger partial charge on any atom is 0.117 e. The van der Waals surface area contributed by atoms with E-state index < -0.39 is 0 Å². The standard InChI is InChI=1S/C15H19BrN2O2/c1-15(2)12-9-17-18(7-6-16)14(12)11-5-4-10(19-3)8-13(11)20-15/h4-5,8-9,11,13H,6-7H2,1-3H3. The van der Waals surface area contributed by atoms with Gasteiger partial charge in [0.2, 0.25) is 0 Å². The van der Waals surface area contributed by atoms with E-state index >= 15 is 0 Å². The summed E-state index contributed by atoms with van der Waals surface area (Å²) < 4.78 is 13.7. The molecule has 20 heavy (non-hydrogen) atoms. The van der Waals surface area contributed by atoms with Gasteiger partial charge in [-0.15, -0.1) is 0 Å². The minimum Gasteiger partial charge on any atom is -0.497 e. The van der Waals surface area contributed by atoms with Crippen molar-refractivity contribution in [2.75, 3.05) is 12.4 Å². The van der Waals surface area contributed by atoms with Crippen LogP contribution in [0.5, 0.6) is 0 Å². The zero-order valence-electron chi connectivity index (χ0n) is 12.0. The number of hydrogen-bond donors (Lipinski definition) is 0. The highest BCUT2D eigenvalue weighted by atomic mass is 79.9. The van der Waals surface area contributed by atoms with E-state index in [1.807, 2.05) is 12.3 Å². The van der Waals surface area contributed by atoms with Crippen LogP contribution < -0.4 is 0 Å². The third-order valence-corrected chi connectivity index (χ3v) is 4.31. The van der Waals surface area contributed by atoms with E-state index in [0.717, 1.165) is 17.6 Å². The van der Waals surface area contributed by atoms with Crippen LogP contribution in [0, 0.1) is 0 Å². The Morgan fingerprint density at radius 3 is 3.00 bits per heavy atom. The lowest BCUT2D eigenvalue weighted by Crippen LogP contribution is -2.39. The minimum atomic E-state index is -0.332. The van der Waals surface area contributed by atoms with Crippen LogP contribution in [0.2, 0.25) is 0 Å². The molecule has 5 heteroatoms. The predicted octanol–water partition coefficient (Wildman–Crippen LogP) is 3.10. The second-order valence-corrected chi connectivity index (χ2v) is 6.40. The smallest absolute Gasteiger partial charge is 0.117 e. The van der Waals surface area contributed by atoms with Gasteiger partial charge in [0.25, 0.3) is 0 Å². The Morgan fingerprint density at radius 2 is 2.30 bits per heavy atom. The molecule has 2 atom stereocenters. The second-order valence-electron chi connectivity index (χ2n) is 5.61. The van der Waals surface area contributed by atoms with Gasteiger partial charge in [0.1, 0.15) is 5.76 Å². The second kappa shape index (κ2) is 5.04. The van der Waals surface area contributed by atoms with E-state index in [2.05, 4.69) is 51.7 Å². The largest absolute Gasteiger partial charge is 0.497 e. The van der Waals surface area contributed by atoms with Crippen LogP contribution in [-0.2, 0) is 21.6 Å². The van der Waals surface area contributed by atoms with E-state index in [1.165, 1.54) is 11.3 Å². The Hall–Kier alpha value is -1.07. The molecule has 2 aliphatic rings. The molecule has 0 N–H and O–H groups in total. The summed E-state index contributed by atoms with van der Waals surface area (Å²) >= 11 is 3.49. The van der Waals surface area contributed by atoms with Crippen molar-refractivity contribution in [3.63, 3.8) is 0 Å². The van der Waals surface area contributed by atoms with Gasteiger partial charge in [-0.2, -0.15) is 5.10 Å². The maximum atomic E-state index is 6.26. The molecule has 2 heterocycles. The van der Waals surface area contributed by atoms with Crippen LogP contribution in [0.3, 0.4) is 0 Å². The van der Waals surface area contributed by atoms with Crippen LogP contribution in [-0.4, -0.2) is 28.3 Å². The Kier molecular flexibility index (Phi) is 3.50. The van der Waals surface area contributed by atoms with E-state index in [1.54, 1.807) is 7.11 Å². The molecule has 1 aliphatic heterocycles. The molecule has 0 radical (unpaired) electrons. The summed E-state index contributed by atoms with van der Waals surface area (Å²) in [5.41, 5.74) is 2.11. The summed E-state index contributed by atoms with van der Waals surface area (Å²) in [6.07, 6.45) is 8.17. The third kappa shape index (κ3) is 2.13. The van der Waals surface area contributed by atoms with Crippen LogP contribution in [0.4, 0.5) is 0 Å². The van der Waals surface area contributed by atoms with Gasteiger partial charge in [0.15, 0.2) is 0 Å². The van der Waals surface area contributed by atoms with Crippen LogP contribution >= 0.6 is 15.9 Å². The van der Waals surface area contributed by atoms with Crippen molar-refractivity contribution in [1.29, 1.82) is 0 Å². The first-order chi connectivity index (χ1) is 9.56. The van der Waals surface area contributed by atoms with E-state index in [9.17, 15) is 0 Å². The molecular weight excluding hydrogens is 320 g/mol. The van der Waals surface area contributed by atoms with Gasteiger partial charge < -0.3 is 9.47 Å². The highest BCUT2D eigenvalue weighted by Crippen LogP contribution is 2.44. The Labute approximate surface area is 127 Å². The SMILES string of the molecule is COC1=CC2OC(C)(C)c3cnn(CCBr)c3C2C=C1. The first-order valence-corrected chi connectivity index (χ1v) is 7.93. The number of rotatable bonds is 3. The number of hydrogen-bond acceptors (Lipinski definition) is 3. The number of halogens is 1. The predicted molar refractivity (Wildman–Crippen MR) is 80.9 cm³/mol. The highest BCUT2D eigenvalue weighted by molar-refractivity contribution is 9.09. The lowest BCUT2D eigenvalue weighted by Gasteiger charge is -2.40. The van der Waals surface area contributed by atoms with Crippen molar-refractivity contribution in [2.24, 2.45) is 0 Å². The fraction of sp³-hybridized carbons (Fsp3) is 0.533. The molecule has 0 spiro atoms. The number of aryl methyl sites for hydroxylation is 1. The summed E-state index contributed by atoms with van der Waals surface area (Å²) in [7, 11) is 1.69. The number of alkyl halides is 1. The number of allylic oxidation sites excluding steroid dienone is 1. The van der Waals surface area contributed by atoms with Gasteiger partial charge in [-0.1, -0.05) is 22.0 Å². The number of nitrogens with zero attached hydrogens (tertiary/aromatic N) is 2. The number of ether oxygens (including phenoxy) is 2. The minimum absolute atomic E-state index is 0.00299. The fourth-order valence-electron chi connectivity index (χ4n) is 2.99. The molecular formula is C15H19BrN2O2. The summed E-state index contributed by atoms with van der Waals surface area (Å²) in [5.74, 6) is 1.07. The van der Waals surface area contributed by atoms with Crippen LogP contribution in [0.25, 0.3) is 0 Å². The van der Waals surface area contributed by atoms with Crippen molar-refractivity contribution in [1.82, 2.24) is 9.78 Å². The average Bonchev–Trinajstić information content (AvgIpc) is 2.83. The van der Waals surface area contributed by atoms with Crippen molar-refractivity contribution in [3.8, 4) is 0 Å². The van der Waals surface area contributed by atoms with Gasteiger partial charge in [-0.05, 0) is 26.0 Å².